The van der Waals surface area contributed by atoms with Crippen LogP contribution in [0.3, 0.4) is 0 Å². The monoisotopic (exact) mass is 393 g/mol. The largest absolute Gasteiger partial charge is 0.334 e. The fourth-order valence-electron chi connectivity index (χ4n) is 3.58. The third-order valence-electron chi connectivity index (χ3n) is 5.47. The molecule has 1 fully saturated rings. The minimum absolute atomic E-state index is 0.0246. The molecule has 0 bridgehead atoms. The molecular formula is C25H47NO2. The zero-order chi connectivity index (χ0) is 22.1. The first-order valence-electron chi connectivity index (χ1n) is 11.4. The molecule has 0 spiro atoms. The molecule has 1 amide bonds. The number of allylic oxidation sites excluding steroid dienone is 1. The quantitative estimate of drug-likeness (QED) is 0.329. The molecule has 0 saturated heterocycles. The van der Waals surface area contributed by atoms with Gasteiger partial charge in [-0.15, -0.1) is 0 Å². The lowest BCUT2D eigenvalue weighted by Crippen LogP contribution is -2.32. The summed E-state index contributed by atoms with van der Waals surface area (Å²) in [5.74, 6) is 1.99. The van der Waals surface area contributed by atoms with Crippen LogP contribution in [0.2, 0.25) is 0 Å². The molecule has 1 rings (SSSR count). The van der Waals surface area contributed by atoms with E-state index in [0.717, 1.165) is 23.8 Å². The maximum atomic E-state index is 11.9. The highest BCUT2D eigenvalue weighted by atomic mass is 16.2. The summed E-state index contributed by atoms with van der Waals surface area (Å²) in [6.07, 6.45) is 12.7. The molecule has 28 heavy (non-hydrogen) atoms. The first-order valence-corrected chi connectivity index (χ1v) is 11.4. The zero-order valence-corrected chi connectivity index (χ0v) is 20.1. The first kappa shape index (κ1) is 28.8. The normalized spacial score (nSPS) is 19.1. The molecule has 0 heterocycles. The number of rotatable bonds is 8. The van der Waals surface area contributed by atoms with E-state index in [2.05, 4.69) is 20.4 Å². The van der Waals surface area contributed by atoms with E-state index in [1.165, 1.54) is 56.8 Å². The van der Waals surface area contributed by atoms with Gasteiger partial charge in [0.05, 0.1) is 6.54 Å². The molecule has 164 valence electrons. The highest BCUT2D eigenvalue weighted by Gasteiger charge is 2.18. The lowest BCUT2D eigenvalue weighted by Gasteiger charge is -2.27. The minimum atomic E-state index is -0.139. The molecule has 0 aromatic carbocycles. The van der Waals surface area contributed by atoms with Crippen LogP contribution >= 0.6 is 0 Å². The standard InChI is InChI=1S/C12H19NO2.C11H22.C2H6/c1-6-9(3)11(7-2)12(15)13(5)8-10(4)14;1-3-5-11-8-6-10(4-2)7-9-11;1-2/h7H,2,6,8H2,1,3-5H3;10-11H,3-9H2,1-2H3;1-2H3/b11-9+;;. The third-order valence-corrected chi connectivity index (χ3v) is 5.47. The average Bonchev–Trinajstić information content (AvgIpc) is 2.70. The van der Waals surface area contributed by atoms with Crippen LogP contribution in [0.25, 0.3) is 0 Å². The van der Waals surface area contributed by atoms with Crippen LogP contribution in [-0.2, 0) is 9.59 Å². The van der Waals surface area contributed by atoms with Crippen LogP contribution in [0, 0.1) is 11.8 Å². The van der Waals surface area contributed by atoms with Gasteiger partial charge in [-0.1, -0.05) is 97.8 Å². The van der Waals surface area contributed by atoms with E-state index in [0.29, 0.717) is 5.57 Å². The molecule has 0 unspecified atom stereocenters. The molecule has 1 saturated carbocycles. The molecule has 0 N–H and O–H groups in total. The second-order valence-corrected chi connectivity index (χ2v) is 7.70. The maximum absolute atomic E-state index is 11.9. The second-order valence-electron chi connectivity index (χ2n) is 7.70. The SMILES string of the molecule is C=C/C(C(=O)N(C)CC(C)=O)=C(/C)CC.CC.CCCC1CCC(CC)CC1. The van der Waals surface area contributed by atoms with Crippen molar-refractivity contribution in [1.82, 2.24) is 4.90 Å². The average molecular weight is 394 g/mol. The highest BCUT2D eigenvalue weighted by Crippen LogP contribution is 2.32. The van der Waals surface area contributed by atoms with E-state index in [4.69, 9.17) is 0 Å². The van der Waals surface area contributed by atoms with E-state index in [1.807, 2.05) is 27.7 Å². The maximum Gasteiger partial charge on any atom is 0.253 e. The van der Waals surface area contributed by atoms with Gasteiger partial charge in [-0.05, 0) is 32.1 Å². The van der Waals surface area contributed by atoms with Gasteiger partial charge >= 0.3 is 0 Å². The zero-order valence-electron chi connectivity index (χ0n) is 20.1. The Hall–Kier alpha value is -1.38. The van der Waals surface area contributed by atoms with Crippen LogP contribution in [0.4, 0.5) is 0 Å². The Morgan fingerprint density at radius 2 is 1.50 bits per heavy atom. The van der Waals surface area contributed by atoms with Crippen LogP contribution in [0.5, 0.6) is 0 Å². The number of carbonyl (C=O) groups is 2. The van der Waals surface area contributed by atoms with Crippen LogP contribution in [0.15, 0.2) is 23.8 Å². The molecule has 0 aromatic heterocycles. The lowest BCUT2D eigenvalue weighted by atomic mass is 9.79. The van der Waals surface area contributed by atoms with Crippen molar-refractivity contribution in [2.24, 2.45) is 11.8 Å². The summed E-state index contributed by atoms with van der Waals surface area (Å²) in [5, 5.41) is 0. The van der Waals surface area contributed by atoms with Gasteiger partial charge in [0.2, 0.25) is 0 Å². The van der Waals surface area contributed by atoms with Crippen LogP contribution in [-0.4, -0.2) is 30.2 Å². The second kappa shape index (κ2) is 17.7. The van der Waals surface area contributed by atoms with Crippen molar-refractivity contribution in [1.29, 1.82) is 0 Å². The highest BCUT2D eigenvalue weighted by molar-refractivity contribution is 5.98. The van der Waals surface area contributed by atoms with E-state index in [9.17, 15) is 9.59 Å². The molecule has 0 radical (unpaired) electrons. The Morgan fingerprint density at radius 1 is 1.00 bits per heavy atom. The smallest absolute Gasteiger partial charge is 0.253 e. The number of ketones is 1. The van der Waals surface area contributed by atoms with Crippen LogP contribution in [0.1, 0.15) is 99.8 Å². The first-order chi connectivity index (χ1) is 13.3. The van der Waals surface area contributed by atoms with Crippen molar-refractivity contribution >= 4 is 11.7 Å². The van der Waals surface area contributed by atoms with Crippen LogP contribution < -0.4 is 0 Å². The molecule has 1 aliphatic carbocycles. The van der Waals surface area contributed by atoms with Gasteiger partial charge < -0.3 is 4.90 Å². The molecule has 0 atom stereocenters. The van der Waals surface area contributed by atoms with Crippen molar-refractivity contribution in [3.05, 3.63) is 23.8 Å². The Morgan fingerprint density at radius 3 is 1.86 bits per heavy atom. The number of likely N-dealkylation sites (N-methyl/N-ethyl adjacent to an activating group) is 1. The topological polar surface area (TPSA) is 37.4 Å². The van der Waals surface area contributed by atoms with Gasteiger partial charge in [0.15, 0.2) is 0 Å². The number of hydrogen-bond donors (Lipinski definition) is 0. The van der Waals surface area contributed by atoms with E-state index in [1.54, 1.807) is 13.1 Å². The predicted molar refractivity (Wildman–Crippen MR) is 124 cm³/mol. The summed E-state index contributed by atoms with van der Waals surface area (Å²) in [6.45, 7) is 17.8. The van der Waals surface area contributed by atoms with Crippen molar-refractivity contribution in [3.63, 3.8) is 0 Å². The van der Waals surface area contributed by atoms with E-state index >= 15 is 0 Å². The Balaban J connectivity index is 0. The van der Waals surface area contributed by atoms with Gasteiger partial charge in [0.25, 0.3) is 5.91 Å². The van der Waals surface area contributed by atoms with E-state index < -0.39 is 0 Å². The molecule has 0 aliphatic heterocycles. The minimum Gasteiger partial charge on any atom is -0.334 e. The number of nitrogens with zero attached hydrogens (tertiary/aromatic N) is 1. The number of hydrogen-bond acceptors (Lipinski definition) is 2. The van der Waals surface area contributed by atoms with Crippen molar-refractivity contribution in [2.45, 2.75) is 99.8 Å². The molecule has 3 heteroatoms. The third kappa shape index (κ3) is 12.2. The molecule has 1 aliphatic rings. The number of amides is 1. The van der Waals surface area contributed by atoms with Gasteiger partial charge in [-0.25, -0.2) is 0 Å². The summed E-state index contributed by atoms with van der Waals surface area (Å²) in [6, 6.07) is 0. The summed E-state index contributed by atoms with van der Waals surface area (Å²) in [7, 11) is 1.62. The molecular weight excluding hydrogens is 346 g/mol. The van der Waals surface area contributed by atoms with Gasteiger partial charge in [-0.2, -0.15) is 0 Å². The van der Waals surface area contributed by atoms with E-state index in [-0.39, 0.29) is 18.2 Å². The summed E-state index contributed by atoms with van der Waals surface area (Å²) < 4.78 is 0. The van der Waals surface area contributed by atoms with Gasteiger partial charge in [0, 0.05) is 12.6 Å². The lowest BCUT2D eigenvalue weighted by molar-refractivity contribution is -0.130. The Kier molecular flexibility index (Phi) is 18.2. The van der Waals surface area contributed by atoms with Gasteiger partial charge in [-0.3, -0.25) is 9.59 Å². The van der Waals surface area contributed by atoms with Crippen molar-refractivity contribution < 1.29 is 9.59 Å². The summed E-state index contributed by atoms with van der Waals surface area (Å²) >= 11 is 0. The molecule has 3 nitrogen and oxygen atoms in total. The van der Waals surface area contributed by atoms with Crippen molar-refractivity contribution in [3.8, 4) is 0 Å². The molecule has 0 aromatic rings. The van der Waals surface area contributed by atoms with Gasteiger partial charge in [0.1, 0.15) is 5.78 Å². The summed E-state index contributed by atoms with van der Waals surface area (Å²) in [5.41, 5.74) is 1.59. The fourth-order valence-corrected chi connectivity index (χ4v) is 3.58. The predicted octanol–water partition coefficient (Wildman–Crippen LogP) is 6.98. The number of Topliss-reactive ketones (excluding diaryl/α,β-unsaturated/α-hetero) is 1. The van der Waals surface area contributed by atoms with Crippen molar-refractivity contribution in [2.75, 3.05) is 13.6 Å². The Bertz CT molecular complexity index is 471. The number of carbonyl (C=O) groups excluding carboxylic acids is 2. The fraction of sp³-hybridized carbons (Fsp3) is 0.760. The Labute approximate surface area is 175 Å². The summed E-state index contributed by atoms with van der Waals surface area (Å²) in [4.78, 5) is 24.1.